The van der Waals surface area contributed by atoms with Gasteiger partial charge >= 0.3 is 0 Å². The summed E-state index contributed by atoms with van der Waals surface area (Å²) in [5.41, 5.74) is 7.14. The molecule has 0 aliphatic carbocycles. The molecule has 1 atom stereocenters. The minimum Gasteiger partial charge on any atom is -0.327 e. The Morgan fingerprint density at radius 2 is 2.24 bits per heavy atom. The highest BCUT2D eigenvalue weighted by Crippen LogP contribution is 2.23. The number of rotatable bonds is 2. The molecule has 0 saturated carbocycles. The molecule has 1 aliphatic rings. The summed E-state index contributed by atoms with van der Waals surface area (Å²) in [7, 11) is 0. The largest absolute Gasteiger partial charge is 0.327 e. The van der Waals surface area contributed by atoms with Crippen LogP contribution >= 0.6 is 39.9 Å². The lowest BCUT2D eigenvalue weighted by atomic mass is 10.1. The van der Waals surface area contributed by atoms with E-state index in [2.05, 4.69) is 26.9 Å². The van der Waals surface area contributed by atoms with Gasteiger partial charge in [-0.1, -0.05) is 33.6 Å². The van der Waals surface area contributed by atoms with Gasteiger partial charge < -0.3 is 5.73 Å². The molecule has 0 bridgehead atoms. The van der Waals surface area contributed by atoms with E-state index in [0.717, 1.165) is 35.6 Å². The first kappa shape index (κ1) is 15.3. The third kappa shape index (κ3) is 4.42. The zero-order valence-corrected chi connectivity index (χ0v) is 12.7. The van der Waals surface area contributed by atoms with Crippen LogP contribution in [0.25, 0.3) is 0 Å². The number of nitrogens with zero attached hydrogens (tertiary/aromatic N) is 1. The van der Waals surface area contributed by atoms with Crippen molar-refractivity contribution in [1.82, 2.24) is 4.90 Å². The summed E-state index contributed by atoms with van der Waals surface area (Å²) in [4.78, 5) is 2.38. The molecule has 0 spiro atoms. The molecule has 1 aromatic carbocycles. The van der Waals surface area contributed by atoms with Crippen molar-refractivity contribution in [3.63, 3.8) is 0 Å². The maximum absolute atomic E-state index is 6.20. The number of nitrogens with two attached hydrogens (primary N) is 1. The molecule has 0 aromatic heterocycles. The van der Waals surface area contributed by atoms with Crippen LogP contribution in [0, 0.1) is 0 Å². The Morgan fingerprint density at radius 1 is 1.47 bits per heavy atom. The van der Waals surface area contributed by atoms with Gasteiger partial charge in [0, 0.05) is 28.6 Å². The van der Waals surface area contributed by atoms with E-state index in [0.29, 0.717) is 6.04 Å². The molecule has 1 fully saturated rings. The van der Waals surface area contributed by atoms with Crippen LogP contribution in [0.4, 0.5) is 0 Å². The average Bonchev–Trinajstić information content (AvgIpc) is 2.22. The molecule has 17 heavy (non-hydrogen) atoms. The fourth-order valence-corrected chi connectivity index (χ4v) is 2.86. The number of benzene rings is 1. The fourth-order valence-electron chi connectivity index (χ4n) is 2.13. The minimum atomic E-state index is 0. The van der Waals surface area contributed by atoms with Crippen LogP contribution in [0.3, 0.4) is 0 Å². The third-order valence-corrected chi connectivity index (χ3v) is 3.80. The second-order valence-corrected chi connectivity index (χ2v) is 5.70. The van der Waals surface area contributed by atoms with Gasteiger partial charge in [-0.25, -0.2) is 0 Å². The van der Waals surface area contributed by atoms with Crippen molar-refractivity contribution < 1.29 is 0 Å². The van der Waals surface area contributed by atoms with Crippen molar-refractivity contribution in [2.45, 2.75) is 25.4 Å². The SMILES string of the molecule is Cl.N[C@@H]1CCCN(Cc2ccc(Br)cc2Cl)C1. The van der Waals surface area contributed by atoms with Gasteiger partial charge in [-0.15, -0.1) is 12.4 Å². The molecule has 1 aliphatic heterocycles. The van der Waals surface area contributed by atoms with Crippen LogP contribution < -0.4 is 5.73 Å². The summed E-state index contributed by atoms with van der Waals surface area (Å²) in [5, 5.41) is 0.827. The molecular weight excluding hydrogens is 323 g/mol. The van der Waals surface area contributed by atoms with Crippen LogP contribution in [-0.2, 0) is 6.54 Å². The van der Waals surface area contributed by atoms with Crippen molar-refractivity contribution in [2.75, 3.05) is 13.1 Å². The normalized spacial score (nSPS) is 21.0. The van der Waals surface area contributed by atoms with Gasteiger partial charge in [-0.3, -0.25) is 4.90 Å². The molecule has 1 heterocycles. The predicted octanol–water partition coefficient (Wildman–Crippen LogP) is 3.45. The number of likely N-dealkylation sites (tertiary alicyclic amines) is 1. The Balaban J connectivity index is 0.00000144. The summed E-state index contributed by atoms with van der Waals surface area (Å²) in [6, 6.07) is 6.38. The van der Waals surface area contributed by atoms with Gasteiger partial charge in [-0.05, 0) is 37.1 Å². The van der Waals surface area contributed by atoms with Crippen LogP contribution in [-0.4, -0.2) is 24.0 Å². The smallest absolute Gasteiger partial charge is 0.0462 e. The van der Waals surface area contributed by atoms with Crippen molar-refractivity contribution in [3.8, 4) is 0 Å². The average molecular weight is 340 g/mol. The highest BCUT2D eigenvalue weighted by atomic mass is 79.9. The van der Waals surface area contributed by atoms with Crippen molar-refractivity contribution in [1.29, 1.82) is 0 Å². The Hall–Kier alpha value is 0.200. The lowest BCUT2D eigenvalue weighted by Gasteiger charge is -2.30. The third-order valence-electron chi connectivity index (χ3n) is 2.95. The summed E-state index contributed by atoms with van der Waals surface area (Å²) in [6.07, 6.45) is 2.33. The lowest BCUT2D eigenvalue weighted by molar-refractivity contribution is 0.201. The first-order valence-corrected chi connectivity index (χ1v) is 6.74. The molecule has 0 amide bonds. The molecule has 0 unspecified atom stereocenters. The van der Waals surface area contributed by atoms with Crippen LogP contribution in [0.1, 0.15) is 18.4 Å². The van der Waals surface area contributed by atoms with Gasteiger partial charge in [-0.2, -0.15) is 0 Å². The maximum atomic E-state index is 6.20. The Kier molecular flexibility index (Phi) is 6.24. The zero-order valence-electron chi connectivity index (χ0n) is 9.53. The van der Waals surface area contributed by atoms with E-state index < -0.39 is 0 Å². The maximum Gasteiger partial charge on any atom is 0.0462 e. The number of piperidine rings is 1. The number of hydrogen-bond donors (Lipinski definition) is 1. The summed E-state index contributed by atoms with van der Waals surface area (Å²) < 4.78 is 1.02. The molecule has 1 aromatic rings. The monoisotopic (exact) mass is 338 g/mol. The van der Waals surface area contributed by atoms with E-state index in [1.54, 1.807) is 0 Å². The predicted molar refractivity (Wildman–Crippen MR) is 78.9 cm³/mol. The highest BCUT2D eigenvalue weighted by Gasteiger charge is 2.17. The first-order valence-electron chi connectivity index (χ1n) is 5.57. The summed E-state index contributed by atoms with van der Waals surface area (Å²) in [5.74, 6) is 0. The standard InChI is InChI=1S/C12H16BrClN2.ClH/c13-10-4-3-9(12(14)6-10)7-16-5-1-2-11(15)8-16;/h3-4,6,11H,1-2,5,7-8,15H2;1H/t11-;/m1./s1. The molecule has 1 saturated heterocycles. The summed E-state index contributed by atoms with van der Waals surface area (Å²) >= 11 is 9.61. The van der Waals surface area contributed by atoms with Crippen LogP contribution in [0.5, 0.6) is 0 Å². The zero-order chi connectivity index (χ0) is 11.5. The minimum absolute atomic E-state index is 0. The molecule has 2 N–H and O–H groups in total. The van der Waals surface area contributed by atoms with E-state index in [-0.39, 0.29) is 12.4 Å². The molecule has 0 radical (unpaired) electrons. The van der Waals surface area contributed by atoms with Crippen molar-refractivity contribution in [2.24, 2.45) is 5.73 Å². The quantitative estimate of drug-likeness (QED) is 0.894. The van der Waals surface area contributed by atoms with E-state index in [1.807, 2.05) is 12.1 Å². The molecule has 2 rings (SSSR count). The van der Waals surface area contributed by atoms with Crippen molar-refractivity contribution in [3.05, 3.63) is 33.3 Å². The topological polar surface area (TPSA) is 29.3 Å². The Bertz CT molecular complexity index is 374. The fraction of sp³-hybridized carbons (Fsp3) is 0.500. The second kappa shape index (κ2) is 6.95. The second-order valence-electron chi connectivity index (χ2n) is 4.37. The lowest BCUT2D eigenvalue weighted by Crippen LogP contribution is -2.42. The van der Waals surface area contributed by atoms with Gasteiger partial charge in [0.25, 0.3) is 0 Å². The van der Waals surface area contributed by atoms with Crippen LogP contribution in [0.2, 0.25) is 5.02 Å². The highest BCUT2D eigenvalue weighted by molar-refractivity contribution is 9.10. The van der Waals surface area contributed by atoms with E-state index in [1.165, 1.54) is 12.0 Å². The molecule has 5 heteroatoms. The van der Waals surface area contributed by atoms with Gasteiger partial charge in [0.1, 0.15) is 0 Å². The number of hydrogen-bond acceptors (Lipinski definition) is 2. The Morgan fingerprint density at radius 3 is 2.88 bits per heavy atom. The van der Waals surface area contributed by atoms with Gasteiger partial charge in [0.05, 0.1) is 0 Å². The van der Waals surface area contributed by atoms with Crippen molar-refractivity contribution >= 4 is 39.9 Å². The molecule has 96 valence electrons. The first-order chi connectivity index (χ1) is 7.65. The number of halogens is 3. The van der Waals surface area contributed by atoms with Crippen LogP contribution in [0.15, 0.2) is 22.7 Å². The summed E-state index contributed by atoms with van der Waals surface area (Å²) in [6.45, 7) is 3.01. The van der Waals surface area contributed by atoms with Gasteiger partial charge in [0.15, 0.2) is 0 Å². The molecule has 2 nitrogen and oxygen atoms in total. The van der Waals surface area contributed by atoms with E-state index in [9.17, 15) is 0 Å². The molecular formula is C12H17BrCl2N2. The van der Waals surface area contributed by atoms with Gasteiger partial charge in [0.2, 0.25) is 0 Å². The van der Waals surface area contributed by atoms with E-state index in [4.69, 9.17) is 17.3 Å². The van der Waals surface area contributed by atoms with E-state index >= 15 is 0 Å². The Labute approximate surface area is 122 Å².